The lowest BCUT2D eigenvalue weighted by Gasteiger charge is -2.22. The lowest BCUT2D eigenvalue weighted by Crippen LogP contribution is -2.34. The summed E-state index contributed by atoms with van der Waals surface area (Å²) in [7, 11) is 1.36. The van der Waals surface area contributed by atoms with Crippen molar-refractivity contribution in [3.8, 4) is 5.75 Å². The third-order valence-electron chi connectivity index (χ3n) is 4.48. The molecule has 150 valence electrons. The van der Waals surface area contributed by atoms with Crippen LogP contribution in [0.5, 0.6) is 5.75 Å². The molecule has 0 spiro atoms. The third kappa shape index (κ3) is 7.06. The number of ether oxygens (including phenoxy) is 2. The molecular weight excluding hydrogens is 354 g/mol. The van der Waals surface area contributed by atoms with Crippen LogP contribution < -0.4 is 4.74 Å². The molecule has 28 heavy (non-hydrogen) atoms. The maximum Gasteiger partial charge on any atom is 0.307 e. The van der Waals surface area contributed by atoms with Crippen molar-refractivity contribution in [1.82, 2.24) is 4.90 Å². The van der Waals surface area contributed by atoms with Crippen molar-refractivity contribution in [2.45, 2.75) is 39.2 Å². The van der Waals surface area contributed by atoms with Crippen LogP contribution in [0.2, 0.25) is 0 Å². The number of esters is 1. The number of hydrogen-bond acceptors (Lipinski definition) is 4. The van der Waals surface area contributed by atoms with E-state index in [-0.39, 0.29) is 18.3 Å². The summed E-state index contributed by atoms with van der Waals surface area (Å²) >= 11 is 0. The highest BCUT2D eigenvalue weighted by Crippen LogP contribution is 2.16. The van der Waals surface area contributed by atoms with Crippen LogP contribution in [0.1, 0.15) is 48.5 Å². The van der Waals surface area contributed by atoms with Gasteiger partial charge in [-0.25, -0.2) is 0 Å². The molecule has 0 unspecified atom stereocenters. The number of nitrogens with zero attached hydrogens (tertiary/aromatic N) is 1. The first-order valence-corrected chi connectivity index (χ1v) is 9.77. The standard InChI is InChI=1S/C23H29NO4/c1-3-4-8-16-24(17-15-22(25)27-2)23(26)20-11-13-21(14-12-20)28-18-19-9-6-5-7-10-19/h5-7,9-14H,3-4,8,15-18H2,1-2H3. The van der Waals surface area contributed by atoms with Crippen molar-refractivity contribution >= 4 is 11.9 Å². The zero-order valence-electron chi connectivity index (χ0n) is 16.7. The van der Waals surface area contributed by atoms with Crippen LogP contribution in [0.25, 0.3) is 0 Å². The minimum Gasteiger partial charge on any atom is -0.489 e. The molecule has 0 atom stereocenters. The zero-order valence-corrected chi connectivity index (χ0v) is 16.7. The van der Waals surface area contributed by atoms with E-state index in [1.54, 1.807) is 29.2 Å². The summed E-state index contributed by atoms with van der Waals surface area (Å²) in [5.74, 6) is 0.333. The largest absolute Gasteiger partial charge is 0.489 e. The average molecular weight is 383 g/mol. The van der Waals surface area contributed by atoms with Crippen LogP contribution >= 0.6 is 0 Å². The van der Waals surface area contributed by atoms with Gasteiger partial charge in [-0.3, -0.25) is 9.59 Å². The number of amides is 1. The fraction of sp³-hybridized carbons (Fsp3) is 0.391. The van der Waals surface area contributed by atoms with E-state index in [9.17, 15) is 9.59 Å². The minimum absolute atomic E-state index is 0.0744. The molecule has 0 aliphatic rings. The van der Waals surface area contributed by atoms with Gasteiger partial charge in [-0.1, -0.05) is 50.1 Å². The highest BCUT2D eigenvalue weighted by molar-refractivity contribution is 5.94. The van der Waals surface area contributed by atoms with Crippen LogP contribution in [-0.4, -0.2) is 37.0 Å². The topological polar surface area (TPSA) is 55.8 Å². The maximum atomic E-state index is 12.9. The quantitative estimate of drug-likeness (QED) is 0.425. The van der Waals surface area contributed by atoms with E-state index >= 15 is 0 Å². The van der Waals surface area contributed by atoms with Gasteiger partial charge >= 0.3 is 5.97 Å². The number of hydrogen-bond donors (Lipinski definition) is 0. The van der Waals surface area contributed by atoms with Crippen molar-refractivity contribution < 1.29 is 19.1 Å². The van der Waals surface area contributed by atoms with E-state index in [0.29, 0.717) is 31.0 Å². The summed E-state index contributed by atoms with van der Waals surface area (Å²) in [5.41, 5.74) is 1.68. The van der Waals surface area contributed by atoms with Gasteiger partial charge in [0.1, 0.15) is 12.4 Å². The highest BCUT2D eigenvalue weighted by atomic mass is 16.5. The molecule has 0 fully saturated rings. The van der Waals surface area contributed by atoms with Crippen molar-refractivity contribution in [2.75, 3.05) is 20.2 Å². The van der Waals surface area contributed by atoms with Crippen LogP contribution in [0.4, 0.5) is 0 Å². The Morgan fingerprint density at radius 1 is 0.929 bits per heavy atom. The number of methoxy groups -OCH3 is 1. The van der Waals surface area contributed by atoms with E-state index in [1.807, 2.05) is 30.3 Å². The van der Waals surface area contributed by atoms with Gasteiger partial charge in [-0.05, 0) is 36.2 Å². The Bertz CT molecular complexity index is 728. The van der Waals surface area contributed by atoms with Crippen molar-refractivity contribution in [2.24, 2.45) is 0 Å². The molecule has 1 amide bonds. The van der Waals surface area contributed by atoms with Gasteiger partial charge in [0.25, 0.3) is 5.91 Å². The molecule has 2 rings (SSSR count). The average Bonchev–Trinajstić information content (AvgIpc) is 2.75. The SMILES string of the molecule is CCCCCN(CCC(=O)OC)C(=O)c1ccc(OCc2ccccc2)cc1. The molecule has 0 heterocycles. The summed E-state index contributed by atoms with van der Waals surface area (Å²) in [6.07, 6.45) is 3.25. The van der Waals surface area contributed by atoms with E-state index in [0.717, 1.165) is 24.8 Å². The molecule has 5 heteroatoms. The van der Waals surface area contributed by atoms with Crippen molar-refractivity contribution in [3.05, 3.63) is 65.7 Å². The number of carbonyl (C=O) groups is 2. The first-order chi connectivity index (χ1) is 13.6. The first kappa shape index (κ1) is 21.5. The molecule has 0 aliphatic carbocycles. The molecule has 0 saturated carbocycles. The normalized spacial score (nSPS) is 10.4. The zero-order chi connectivity index (χ0) is 20.2. The van der Waals surface area contributed by atoms with Crippen LogP contribution in [0.3, 0.4) is 0 Å². The Kier molecular flexibility index (Phi) is 9.05. The maximum absolute atomic E-state index is 12.9. The molecule has 5 nitrogen and oxygen atoms in total. The number of unbranched alkanes of at least 4 members (excludes halogenated alkanes) is 2. The predicted molar refractivity (Wildman–Crippen MR) is 109 cm³/mol. The van der Waals surface area contributed by atoms with Gasteiger partial charge in [0.2, 0.25) is 0 Å². The van der Waals surface area contributed by atoms with E-state index in [4.69, 9.17) is 9.47 Å². The molecule has 0 radical (unpaired) electrons. The van der Waals surface area contributed by atoms with E-state index in [2.05, 4.69) is 6.92 Å². The lowest BCUT2D eigenvalue weighted by atomic mass is 10.1. The summed E-state index contributed by atoms with van der Waals surface area (Å²) in [6, 6.07) is 17.1. The fourth-order valence-electron chi connectivity index (χ4n) is 2.81. The summed E-state index contributed by atoms with van der Waals surface area (Å²) in [5, 5.41) is 0. The Morgan fingerprint density at radius 3 is 2.29 bits per heavy atom. The summed E-state index contributed by atoms with van der Waals surface area (Å²) in [4.78, 5) is 26.1. The smallest absolute Gasteiger partial charge is 0.307 e. The van der Waals surface area contributed by atoms with E-state index < -0.39 is 0 Å². The van der Waals surface area contributed by atoms with Gasteiger partial charge in [-0.2, -0.15) is 0 Å². The predicted octanol–water partition coefficient (Wildman–Crippen LogP) is 4.46. The summed E-state index contributed by atoms with van der Waals surface area (Å²) < 4.78 is 10.5. The Labute approximate surface area is 167 Å². The van der Waals surface area contributed by atoms with Crippen molar-refractivity contribution in [3.63, 3.8) is 0 Å². The van der Waals surface area contributed by atoms with Crippen LogP contribution in [-0.2, 0) is 16.1 Å². The lowest BCUT2D eigenvalue weighted by molar-refractivity contribution is -0.140. The number of benzene rings is 2. The Hall–Kier alpha value is -2.82. The van der Waals surface area contributed by atoms with Gasteiger partial charge in [0.05, 0.1) is 13.5 Å². The second-order valence-electron chi connectivity index (χ2n) is 6.62. The molecule has 0 aliphatic heterocycles. The van der Waals surface area contributed by atoms with Gasteiger partial charge < -0.3 is 14.4 Å². The van der Waals surface area contributed by atoms with Crippen LogP contribution in [0, 0.1) is 0 Å². The highest BCUT2D eigenvalue weighted by Gasteiger charge is 2.17. The van der Waals surface area contributed by atoms with E-state index in [1.165, 1.54) is 7.11 Å². The molecule has 2 aromatic carbocycles. The second-order valence-corrected chi connectivity index (χ2v) is 6.62. The van der Waals surface area contributed by atoms with Crippen molar-refractivity contribution in [1.29, 1.82) is 0 Å². The molecular formula is C23H29NO4. The molecule has 0 aromatic heterocycles. The second kappa shape index (κ2) is 11.8. The number of rotatable bonds is 11. The first-order valence-electron chi connectivity index (χ1n) is 9.77. The van der Waals surface area contributed by atoms with Gasteiger partial charge in [0.15, 0.2) is 0 Å². The molecule has 2 aromatic rings. The minimum atomic E-state index is -0.307. The molecule has 0 saturated heterocycles. The van der Waals surface area contributed by atoms with Gasteiger partial charge in [0, 0.05) is 18.7 Å². The Morgan fingerprint density at radius 2 is 1.64 bits per heavy atom. The third-order valence-corrected chi connectivity index (χ3v) is 4.48. The summed E-state index contributed by atoms with van der Waals surface area (Å²) in [6.45, 7) is 3.60. The van der Waals surface area contributed by atoms with Gasteiger partial charge in [-0.15, -0.1) is 0 Å². The number of carbonyl (C=O) groups excluding carboxylic acids is 2. The molecule has 0 N–H and O–H groups in total. The molecule has 0 bridgehead atoms. The van der Waals surface area contributed by atoms with Crippen LogP contribution in [0.15, 0.2) is 54.6 Å². The fourth-order valence-corrected chi connectivity index (χ4v) is 2.81. The Balaban J connectivity index is 1.96. The monoisotopic (exact) mass is 383 g/mol.